The van der Waals surface area contributed by atoms with Crippen molar-refractivity contribution in [2.24, 2.45) is 16.3 Å². The Labute approximate surface area is 120 Å². The molecular formula is C15H24N4O. The average molecular weight is 276 g/mol. The lowest BCUT2D eigenvalue weighted by atomic mass is 9.75. The zero-order valence-corrected chi connectivity index (χ0v) is 12.5. The third-order valence-electron chi connectivity index (χ3n) is 4.37. The fourth-order valence-electron chi connectivity index (χ4n) is 2.76. The molecule has 1 saturated carbocycles. The van der Waals surface area contributed by atoms with E-state index in [9.17, 15) is 0 Å². The minimum absolute atomic E-state index is 0.0890. The maximum atomic E-state index is 8.64. The molecule has 1 aromatic heterocycles. The van der Waals surface area contributed by atoms with E-state index < -0.39 is 0 Å². The smallest absolute Gasteiger partial charge is 0.171 e. The number of aromatic nitrogens is 1. The van der Waals surface area contributed by atoms with Crippen molar-refractivity contribution in [2.75, 3.05) is 11.9 Å². The van der Waals surface area contributed by atoms with E-state index in [1.165, 1.54) is 25.7 Å². The SMILES string of the molecule is CN(c1ccc(/C(N)=N/O)cn1)C1CCC(C)(C)CC1. The van der Waals surface area contributed by atoms with Crippen LogP contribution in [0, 0.1) is 5.41 Å². The van der Waals surface area contributed by atoms with Gasteiger partial charge in [0.2, 0.25) is 0 Å². The Morgan fingerprint density at radius 3 is 2.55 bits per heavy atom. The molecule has 0 aromatic carbocycles. The van der Waals surface area contributed by atoms with E-state index >= 15 is 0 Å². The van der Waals surface area contributed by atoms with Gasteiger partial charge < -0.3 is 15.8 Å². The molecule has 0 atom stereocenters. The van der Waals surface area contributed by atoms with Gasteiger partial charge in [-0.1, -0.05) is 19.0 Å². The fourth-order valence-corrected chi connectivity index (χ4v) is 2.76. The first-order valence-electron chi connectivity index (χ1n) is 7.10. The summed E-state index contributed by atoms with van der Waals surface area (Å²) >= 11 is 0. The van der Waals surface area contributed by atoms with Gasteiger partial charge in [-0.2, -0.15) is 0 Å². The van der Waals surface area contributed by atoms with Gasteiger partial charge in [0.25, 0.3) is 0 Å². The molecule has 1 aliphatic rings. The van der Waals surface area contributed by atoms with Gasteiger partial charge in [-0.25, -0.2) is 4.98 Å². The molecule has 5 heteroatoms. The van der Waals surface area contributed by atoms with Gasteiger partial charge in [-0.15, -0.1) is 0 Å². The molecule has 3 N–H and O–H groups in total. The van der Waals surface area contributed by atoms with Gasteiger partial charge in [0.1, 0.15) is 5.82 Å². The summed E-state index contributed by atoms with van der Waals surface area (Å²) in [6, 6.07) is 4.30. The summed E-state index contributed by atoms with van der Waals surface area (Å²) in [7, 11) is 2.09. The fraction of sp³-hybridized carbons (Fsp3) is 0.600. The summed E-state index contributed by atoms with van der Waals surface area (Å²) < 4.78 is 0. The van der Waals surface area contributed by atoms with E-state index in [4.69, 9.17) is 10.9 Å². The highest BCUT2D eigenvalue weighted by molar-refractivity contribution is 5.96. The van der Waals surface area contributed by atoms with Crippen LogP contribution < -0.4 is 10.6 Å². The van der Waals surface area contributed by atoms with Crippen LogP contribution in [-0.2, 0) is 0 Å². The van der Waals surface area contributed by atoms with E-state index in [1.54, 1.807) is 6.20 Å². The third-order valence-corrected chi connectivity index (χ3v) is 4.37. The molecule has 0 unspecified atom stereocenters. The zero-order valence-electron chi connectivity index (χ0n) is 12.5. The van der Waals surface area contributed by atoms with Gasteiger partial charge in [0.15, 0.2) is 5.84 Å². The predicted octanol–water partition coefficient (Wildman–Crippen LogP) is 2.58. The first-order chi connectivity index (χ1) is 9.43. The van der Waals surface area contributed by atoms with E-state index in [1.807, 2.05) is 12.1 Å². The molecular weight excluding hydrogens is 252 g/mol. The van der Waals surface area contributed by atoms with Crippen molar-refractivity contribution in [2.45, 2.75) is 45.6 Å². The van der Waals surface area contributed by atoms with E-state index in [0.717, 1.165) is 5.82 Å². The summed E-state index contributed by atoms with van der Waals surface area (Å²) in [4.78, 5) is 6.65. The van der Waals surface area contributed by atoms with Gasteiger partial charge in [0.05, 0.1) is 0 Å². The molecule has 0 spiro atoms. The third kappa shape index (κ3) is 3.21. The van der Waals surface area contributed by atoms with Crippen LogP contribution in [0.2, 0.25) is 0 Å². The number of pyridine rings is 1. The Kier molecular flexibility index (Phi) is 4.16. The first kappa shape index (κ1) is 14.6. The molecule has 1 heterocycles. The lowest BCUT2D eigenvalue weighted by Crippen LogP contribution is -2.37. The predicted molar refractivity (Wildman–Crippen MR) is 81.2 cm³/mol. The Bertz CT molecular complexity index is 471. The van der Waals surface area contributed by atoms with Crippen LogP contribution in [-0.4, -0.2) is 29.1 Å². The Morgan fingerprint density at radius 1 is 1.40 bits per heavy atom. The highest BCUT2D eigenvalue weighted by atomic mass is 16.4. The molecule has 1 fully saturated rings. The summed E-state index contributed by atoms with van der Waals surface area (Å²) in [5, 5.41) is 11.6. The molecule has 0 bridgehead atoms. The Hall–Kier alpha value is -1.78. The number of hydrogen-bond donors (Lipinski definition) is 2. The molecule has 5 nitrogen and oxygen atoms in total. The van der Waals surface area contributed by atoms with Crippen molar-refractivity contribution in [1.82, 2.24) is 4.98 Å². The van der Waals surface area contributed by atoms with Crippen molar-refractivity contribution < 1.29 is 5.21 Å². The summed E-state index contributed by atoms with van der Waals surface area (Å²) in [6.07, 6.45) is 6.56. The maximum absolute atomic E-state index is 8.64. The van der Waals surface area contributed by atoms with Crippen molar-refractivity contribution in [3.63, 3.8) is 0 Å². The van der Waals surface area contributed by atoms with Gasteiger partial charge in [-0.05, 0) is 43.2 Å². The highest BCUT2D eigenvalue weighted by Crippen LogP contribution is 2.37. The number of hydrogen-bond acceptors (Lipinski definition) is 4. The Morgan fingerprint density at radius 2 is 2.05 bits per heavy atom. The second-order valence-corrected chi connectivity index (χ2v) is 6.40. The van der Waals surface area contributed by atoms with Crippen LogP contribution in [0.4, 0.5) is 5.82 Å². The van der Waals surface area contributed by atoms with Crippen molar-refractivity contribution >= 4 is 11.7 Å². The normalized spacial score (nSPS) is 19.9. The van der Waals surface area contributed by atoms with Crippen LogP contribution in [0.25, 0.3) is 0 Å². The zero-order chi connectivity index (χ0) is 14.8. The number of rotatable bonds is 3. The van der Waals surface area contributed by atoms with Crippen molar-refractivity contribution in [1.29, 1.82) is 0 Å². The average Bonchev–Trinajstić information content (AvgIpc) is 2.46. The number of oxime groups is 1. The number of anilines is 1. The monoisotopic (exact) mass is 276 g/mol. The van der Waals surface area contributed by atoms with Crippen LogP contribution in [0.1, 0.15) is 45.1 Å². The summed E-state index contributed by atoms with van der Waals surface area (Å²) in [5.41, 5.74) is 6.65. The van der Waals surface area contributed by atoms with Crippen LogP contribution in [0.15, 0.2) is 23.5 Å². The second-order valence-electron chi connectivity index (χ2n) is 6.40. The van der Waals surface area contributed by atoms with Gasteiger partial charge >= 0.3 is 0 Å². The first-order valence-corrected chi connectivity index (χ1v) is 7.10. The number of nitrogens with two attached hydrogens (primary N) is 1. The van der Waals surface area contributed by atoms with E-state index in [0.29, 0.717) is 17.0 Å². The van der Waals surface area contributed by atoms with Gasteiger partial charge in [-0.3, -0.25) is 0 Å². The molecule has 1 aromatic rings. The molecule has 2 rings (SSSR count). The molecule has 1 aliphatic carbocycles. The molecule has 0 radical (unpaired) electrons. The molecule has 110 valence electrons. The quantitative estimate of drug-likeness (QED) is 0.385. The lowest BCUT2D eigenvalue weighted by molar-refractivity contribution is 0.222. The number of nitrogens with zero attached hydrogens (tertiary/aromatic N) is 3. The van der Waals surface area contributed by atoms with Crippen molar-refractivity contribution in [3.05, 3.63) is 23.9 Å². The van der Waals surface area contributed by atoms with E-state index in [2.05, 4.69) is 35.9 Å². The molecule has 20 heavy (non-hydrogen) atoms. The van der Waals surface area contributed by atoms with Crippen molar-refractivity contribution in [3.8, 4) is 0 Å². The van der Waals surface area contributed by atoms with Crippen LogP contribution in [0.3, 0.4) is 0 Å². The lowest BCUT2D eigenvalue weighted by Gasteiger charge is -2.39. The summed E-state index contributed by atoms with van der Waals surface area (Å²) in [5.74, 6) is 1.02. The largest absolute Gasteiger partial charge is 0.409 e. The van der Waals surface area contributed by atoms with E-state index in [-0.39, 0.29) is 5.84 Å². The molecule has 0 aliphatic heterocycles. The standard InChI is InChI=1S/C15H24N4O/c1-15(2)8-6-12(7-9-15)19(3)13-5-4-11(10-17-13)14(16)18-20/h4-5,10,12,20H,6-9H2,1-3H3,(H2,16,18). The minimum atomic E-state index is 0.0890. The second kappa shape index (κ2) is 5.69. The van der Waals surface area contributed by atoms with Crippen LogP contribution >= 0.6 is 0 Å². The maximum Gasteiger partial charge on any atom is 0.171 e. The highest BCUT2D eigenvalue weighted by Gasteiger charge is 2.29. The minimum Gasteiger partial charge on any atom is -0.409 e. The molecule has 0 saturated heterocycles. The van der Waals surface area contributed by atoms with Gasteiger partial charge in [0, 0.05) is 24.8 Å². The van der Waals surface area contributed by atoms with Crippen LogP contribution in [0.5, 0.6) is 0 Å². The Balaban J connectivity index is 2.04. The summed E-state index contributed by atoms with van der Waals surface area (Å²) in [6.45, 7) is 4.68. The molecule has 0 amide bonds. The number of amidine groups is 1. The topological polar surface area (TPSA) is 74.7 Å².